The fourth-order valence-electron chi connectivity index (χ4n) is 5.44. The van der Waals surface area contributed by atoms with E-state index in [1.54, 1.807) is 48.7 Å². The Morgan fingerprint density at radius 3 is 2.45 bits per heavy atom. The van der Waals surface area contributed by atoms with Gasteiger partial charge in [0.2, 0.25) is 0 Å². The number of carbonyl (C=O) groups is 2. The third kappa shape index (κ3) is 5.18. The average molecular weight is 651 g/mol. The van der Waals surface area contributed by atoms with Crippen LogP contribution in [0.5, 0.6) is 0 Å². The van der Waals surface area contributed by atoms with Gasteiger partial charge in [-0.05, 0) is 71.1 Å². The second kappa shape index (κ2) is 11.0. The number of carboxylic acids is 1. The monoisotopic (exact) mass is 649 g/mol. The lowest BCUT2D eigenvalue weighted by molar-refractivity contribution is -0.134. The second-order valence-electron chi connectivity index (χ2n) is 10.4. The molecule has 6 rings (SSSR count). The number of fused-ring (bicyclic) bond motifs is 1. The molecule has 11 heteroatoms. The molecule has 1 amide bonds. The van der Waals surface area contributed by atoms with E-state index >= 15 is 0 Å². The van der Waals surface area contributed by atoms with Crippen molar-refractivity contribution >= 4 is 48.8 Å². The number of carboxylic acid groups (broad SMARTS) is 1. The van der Waals surface area contributed by atoms with Crippen molar-refractivity contribution in [2.45, 2.75) is 49.8 Å². The SMILES string of the molecule is CCC1N(Cc2ccc3oc(-c4ccccc4C(=O)NS(=O)(=O)c4ccccc4)c(Br)c3c2)C(C(=O)O)=CN1C1CC1. The van der Waals surface area contributed by atoms with Crippen LogP contribution in [0.25, 0.3) is 22.3 Å². The summed E-state index contributed by atoms with van der Waals surface area (Å²) in [4.78, 5) is 29.4. The first-order chi connectivity index (χ1) is 20.2. The van der Waals surface area contributed by atoms with Crippen LogP contribution in [-0.4, -0.2) is 47.4 Å². The van der Waals surface area contributed by atoms with Crippen molar-refractivity contribution in [2.24, 2.45) is 0 Å². The lowest BCUT2D eigenvalue weighted by atomic mass is 10.0. The molecule has 216 valence electrons. The van der Waals surface area contributed by atoms with Crippen LogP contribution in [0.3, 0.4) is 0 Å². The summed E-state index contributed by atoms with van der Waals surface area (Å²) in [6.07, 6.45) is 4.67. The maximum absolute atomic E-state index is 13.2. The minimum absolute atomic E-state index is 0.0160. The van der Waals surface area contributed by atoms with Gasteiger partial charge in [-0.15, -0.1) is 0 Å². The number of hydrogen-bond donors (Lipinski definition) is 2. The van der Waals surface area contributed by atoms with Crippen molar-refractivity contribution in [2.75, 3.05) is 0 Å². The van der Waals surface area contributed by atoms with Gasteiger partial charge in [0.05, 0.1) is 14.9 Å². The zero-order valence-electron chi connectivity index (χ0n) is 22.7. The van der Waals surface area contributed by atoms with Gasteiger partial charge >= 0.3 is 5.97 Å². The Balaban J connectivity index is 1.31. The van der Waals surface area contributed by atoms with Gasteiger partial charge in [-0.25, -0.2) is 17.9 Å². The molecule has 42 heavy (non-hydrogen) atoms. The molecule has 1 aliphatic heterocycles. The van der Waals surface area contributed by atoms with Gasteiger partial charge in [-0.3, -0.25) is 4.79 Å². The molecule has 1 unspecified atom stereocenters. The van der Waals surface area contributed by atoms with E-state index in [4.69, 9.17) is 4.42 Å². The van der Waals surface area contributed by atoms with Crippen LogP contribution in [0.4, 0.5) is 0 Å². The minimum Gasteiger partial charge on any atom is -0.477 e. The third-order valence-electron chi connectivity index (χ3n) is 7.58. The largest absolute Gasteiger partial charge is 0.477 e. The van der Waals surface area contributed by atoms with Crippen LogP contribution in [0.1, 0.15) is 42.1 Å². The molecular formula is C31H28BrN3O6S. The Morgan fingerprint density at radius 1 is 1.05 bits per heavy atom. The lowest BCUT2D eigenvalue weighted by Gasteiger charge is -2.33. The Kier molecular flexibility index (Phi) is 7.32. The number of hydrogen-bond acceptors (Lipinski definition) is 7. The van der Waals surface area contributed by atoms with Crippen LogP contribution in [-0.2, 0) is 21.4 Å². The van der Waals surface area contributed by atoms with E-state index in [9.17, 15) is 23.1 Å². The van der Waals surface area contributed by atoms with Gasteiger partial charge in [0, 0.05) is 29.7 Å². The normalized spacial score (nSPS) is 17.0. The first kappa shape index (κ1) is 28.0. The standard InChI is InChI=1S/C31H28BrN3O6S/c1-2-27-34(20-13-14-20)18-25(31(37)38)35(27)17-19-12-15-26-24(16-19)28(32)29(41-26)22-10-6-7-11-23(22)30(36)33-42(39,40)21-8-4-3-5-9-21/h3-12,15-16,18,20,27H,2,13-14,17H2,1H3,(H,33,36)(H,37,38). The predicted octanol–water partition coefficient (Wildman–Crippen LogP) is 5.92. The predicted molar refractivity (Wildman–Crippen MR) is 161 cm³/mol. The van der Waals surface area contributed by atoms with E-state index in [2.05, 4.69) is 32.5 Å². The molecule has 4 aromatic rings. The zero-order chi connectivity index (χ0) is 29.6. The van der Waals surface area contributed by atoms with Crippen LogP contribution in [0, 0.1) is 0 Å². The van der Waals surface area contributed by atoms with Gasteiger partial charge in [0.1, 0.15) is 23.2 Å². The maximum atomic E-state index is 13.2. The summed E-state index contributed by atoms with van der Waals surface area (Å²) in [5, 5.41) is 10.7. The Hall–Kier alpha value is -4.09. The number of aliphatic carboxylic acids is 1. The molecule has 9 nitrogen and oxygen atoms in total. The molecule has 1 saturated carbocycles. The first-order valence-corrected chi connectivity index (χ1v) is 15.9. The zero-order valence-corrected chi connectivity index (χ0v) is 25.1. The molecular weight excluding hydrogens is 622 g/mol. The highest BCUT2D eigenvalue weighted by Crippen LogP contribution is 2.41. The fourth-order valence-corrected chi connectivity index (χ4v) is 7.03. The first-order valence-electron chi connectivity index (χ1n) is 13.6. The summed E-state index contributed by atoms with van der Waals surface area (Å²) in [7, 11) is -4.08. The number of furan rings is 1. The Labute approximate surface area is 251 Å². The molecule has 0 spiro atoms. The fraction of sp³-hybridized carbons (Fsp3) is 0.226. The van der Waals surface area contributed by atoms with E-state index in [1.807, 2.05) is 23.1 Å². The summed E-state index contributed by atoms with van der Waals surface area (Å²) >= 11 is 3.64. The Morgan fingerprint density at radius 2 is 1.76 bits per heavy atom. The van der Waals surface area contributed by atoms with Crippen molar-refractivity contribution in [1.29, 1.82) is 0 Å². The highest BCUT2D eigenvalue weighted by atomic mass is 79.9. The number of benzene rings is 3. The van der Waals surface area contributed by atoms with Gasteiger partial charge < -0.3 is 19.3 Å². The van der Waals surface area contributed by atoms with Crippen molar-refractivity contribution in [3.8, 4) is 11.3 Å². The van der Waals surface area contributed by atoms with Crippen LogP contribution < -0.4 is 4.72 Å². The van der Waals surface area contributed by atoms with E-state index in [0.29, 0.717) is 34.0 Å². The average Bonchev–Trinajstić information content (AvgIpc) is 3.69. The molecule has 0 saturated heterocycles. The number of nitrogens with one attached hydrogen (secondary N) is 1. The molecule has 2 aliphatic rings. The maximum Gasteiger partial charge on any atom is 0.353 e. The molecule has 1 atom stereocenters. The highest BCUT2D eigenvalue weighted by Gasteiger charge is 2.41. The van der Waals surface area contributed by atoms with Gasteiger partial charge in [0.25, 0.3) is 15.9 Å². The van der Waals surface area contributed by atoms with Crippen LogP contribution in [0.2, 0.25) is 0 Å². The summed E-state index contributed by atoms with van der Waals surface area (Å²) in [6.45, 7) is 2.46. The molecule has 0 radical (unpaired) electrons. The van der Waals surface area contributed by atoms with Crippen molar-refractivity contribution in [1.82, 2.24) is 14.5 Å². The van der Waals surface area contributed by atoms with Crippen molar-refractivity contribution in [3.63, 3.8) is 0 Å². The summed E-state index contributed by atoms with van der Waals surface area (Å²) in [5.41, 5.74) is 2.31. The number of amides is 1. The number of carbonyl (C=O) groups excluding carboxylic acids is 1. The van der Waals surface area contributed by atoms with E-state index in [-0.39, 0.29) is 22.3 Å². The second-order valence-corrected chi connectivity index (χ2v) is 12.9. The lowest BCUT2D eigenvalue weighted by Crippen LogP contribution is -2.40. The summed E-state index contributed by atoms with van der Waals surface area (Å²) in [5.74, 6) is -1.35. The van der Waals surface area contributed by atoms with Gasteiger partial charge in [-0.1, -0.05) is 49.4 Å². The van der Waals surface area contributed by atoms with Gasteiger partial charge in [0.15, 0.2) is 0 Å². The molecule has 2 N–H and O–H groups in total. The summed E-state index contributed by atoms with van der Waals surface area (Å²) < 4.78 is 34.5. The highest BCUT2D eigenvalue weighted by molar-refractivity contribution is 9.10. The third-order valence-corrected chi connectivity index (χ3v) is 9.71. The van der Waals surface area contributed by atoms with E-state index < -0.39 is 21.9 Å². The van der Waals surface area contributed by atoms with E-state index in [1.165, 1.54) is 12.1 Å². The van der Waals surface area contributed by atoms with Crippen LogP contribution in [0.15, 0.2) is 98.5 Å². The molecule has 1 fully saturated rings. The smallest absolute Gasteiger partial charge is 0.353 e. The summed E-state index contributed by atoms with van der Waals surface area (Å²) in [6, 6.07) is 20.4. The van der Waals surface area contributed by atoms with Crippen LogP contribution >= 0.6 is 15.9 Å². The van der Waals surface area contributed by atoms with Crippen molar-refractivity contribution < 1.29 is 27.5 Å². The Bertz CT molecular complexity index is 1830. The molecule has 0 bridgehead atoms. The number of nitrogens with zero attached hydrogens (tertiary/aromatic N) is 2. The number of halogens is 1. The number of sulfonamides is 1. The minimum atomic E-state index is -4.08. The van der Waals surface area contributed by atoms with Crippen molar-refractivity contribution in [3.05, 3.63) is 100 Å². The van der Waals surface area contributed by atoms with E-state index in [0.717, 1.165) is 30.2 Å². The quantitative estimate of drug-likeness (QED) is 0.229. The molecule has 1 aliphatic carbocycles. The van der Waals surface area contributed by atoms with Gasteiger partial charge in [-0.2, -0.15) is 0 Å². The topological polar surface area (TPSA) is 120 Å². The molecule has 2 heterocycles. The molecule has 3 aromatic carbocycles. The molecule has 1 aromatic heterocycles. The number of rotatable bonds is 9.